The first-order chi connectivity index (χ1) is 24.8. The molecule has 50 heavy (non-hydrogen) atoms. The fourth-order valence-corrected chi connectivity index (χ4v) is 9.34. The molecule has 3 nitrogen and oxygen atoms in total. The summed E-state index contributed by atoms with van der Waals surface area (Å²) in [4.78, 5) is 15.1. The lowest BCUT2D eigenvalue weighted by atomic mass is 9.95. The maximum Gasteiger partial charge on any atom is 0.164 e. The minimum absolute atomic E-state index is 0.666. The molecule has 0 amide bonds. The van der Waals surface area contributed by atoms with Crippen LogP contribution >= 0.6 is 22.7 Å². The van der Waals surface area contributed by atoms with E-state index in [1.165, 1.54) is 62.6 Å². The van der Waals surface area contributed by atoms with Crippen molar-refractivity contribution in [2.24, 2.45) is 0 Å². The van der Waals surface area contributed by atoms with Crippen molar-refractivity contribution in [1.82, 2.24) is 15.0 Å². The number of nitrogens with zero attached hydrogens (tertiary/aromatic N) is 3. The van der Waals surface area contributed by atoms with E-state index >= 15 is 0 Å². The van der Waals surface area contributed by atoms with Crippen LogP contribution in [0.3, 0.4) is 0 Å². The number of rotatable bonds is 5. The number of thiophene rings is 2. The summed E-state index contributed by atoms with van der Waals surface area (Å²) in [6, 6.07) is 57.9. The normalized spacial score (nSPS) is 11.6. The average Bonchev–Trinajstić information content (AvgIpc) is 3.76. The molecule has 0 saturated heterocycles. The molecule has 3 aromatic heterocycles. The Morgan fingerprint density at radius 3 is 1.66 bits per heavy atom. The van der Waals surface area contributed by atoms with Gasteiger partial charge in [0.2, 0.25) is 0 Å². The van der Waals surface area contributed by atoms with Crippen LogP contribution in [0.25, 0.3) is 96.8 Å². The van der Waals surface area contributed by atoms with Gasteiger partial charge < -0.3 is 0 Å². The highest BCUT2D eigenvalue weighted by Gasteiger charge is 2.18. The molecule has 0 spiro atoms. The summed E-state index contributed by atoms with van der Waals surface area (Å²) in [6.07, 6.45) is 0. The van der Waals surface area contributed by atoms with Crippen molar-refractivity contribution in [3.8, 4) is 56.4 Å². The first-order valence-electron chi connectivity index (χ1n) is 16.6. The molecular formula is C45H27N3S2. The van der Waals surface area contributed by atoms with Gasteiger partial charge in [0.1, 0.15) is 0 Å². The van der Waals surface area contributed by atoms with Crippen LogP contribution in [0.15, 0.2) is 164 Å². The number of hydrogen-bond acceptors (Lipinski definition) is 5. The Balaban J connectivity index is 1.16. The smallest absolute Gasteiger partial charge is 0.164 e. The second-order valence-corrected chi connectivity index (χ2v) is 14.5. The predicted octanol–water partition coefficient (Wildman–Crippen LogP) is 12.9. The molecule has 5 heteroatoms. The Morgan fingerprint density at radius 2 is 0.940 bits per heavy atom. The third kappa shape index (κ3) is 4.90. The first kappa shape index (κ1) is 29.0. The van der Waals surface area contributed by atoms with Gasteiger partial charge in [-0.1, -0.05) is 133 Å². The molecule has 0 unspecified atom stereocenters. The summed E-state index contributed by atoms with van der Waals surface area (Å²) in [5, 5.41) is 4.99. The van der Waals surface area contributed by atoms with Gasteiger partial charge in [-0.25, -0.2) is 15.0 Å². The van der Waals surface area contributed by atoms with Gasteiger partial charge in [0.25, 0.3) is 0 Å². The maximum absolute atomic E-state index is 5.07. The average molecular weight is 674 g/mol. The van der Waals surface area contributed by atoms with E-state index in [0.29, 0.717) is 17.5 Å². The van der Waals surface area contributed by atoms with Crippen molar-refractivity contribution in [1.29, 1.82) is 0 Å². The maximum atomic E-state index is 5.07. The molecule has 7 aromatic carbocycles. The van der Waals surface area contributed by atoms with Crippen molar-refractivity contribution in [2.45, 2.75) is 0 Å². The molecule has 0 N–H and O–H groups in total. The second-order valence-electron chi connectivity index (χ2n) is 12.4. The van der Waals surface area contributed by atoms with E-state index in [1.54, 1.807) is 0 Å². The van der Waals surface area contributed by atoms with Crippen LogP contribution in [0.2, 0.25) is 0 Å². The number of aromatic nitrogens is 3. The van der Waals surface area contributed by atoms with E-state index in [-0.39, 0.29) is 0 Å². The summed E-state index contributed by atoms with van der Waals surface area (Å²) >= 11 is 3.70. The number of hydrogen-bond donors (Lipinski definition) is 0. The van der Waals surface area contributed by atoms with Gasteiger partial charge >= 0.3 is 0 Å². The quantitative estimate of drug-likeness (QED) is 0.182. The third-order valence-electron chi connectivity index (χ3n) is 9.33. The van der Waals surface area contributed by atoms with Crippen LogP contribution in [0.1, 0.15) is 0 Å². The topological polar surface area (TPSA) is 38.7 Å². The van der Waals surface area contributed by atoms with Gasteiger partial charge in [0.05, 0.1) is 0 Å². The molecule has 0 radical (unpaired) electrons. The fourth-order valence-electron chi connectivity index (χ4n) is 6.95. The summed E-state index contributed by atoms with van der Waals surface area (Å²) in [5.74, 6) is 2.01. The summed E-state index contributed by atoms with van der Waals surface area (Å²) in [6.45, 7) is 0. The molecule has 0 saturated carbocycles. The Kier molecular flexibility index (Phi) is 6.86. The summed E-state index contributed by atoms with van der Waals surface area (Å²) in [5.41, 5.74) is 7.87. The van der Waals surface area contributed by atoms with Crippen molar-refractivity contribution in [2.75, 3.05) is 0 Å². The standard InChI is InChI=1S/C45H27N3S2/c1-4-13-28(14-5-1)36-25-32(26-37-33-19-10-11-21-38(33)50-42(36)37)31-23-24-34-40(27-31)49-39-22-12-20-35(41(34)39)45-47-43(29-15-6-2-7-16-29)46-44(48-45)30-17-8-3-9-18-30/h1-27H. The first-order valence-corrected chi connectivity index (χ1v) is 18.2. The molecule has 3 heterocycles. The Labute approximate surface area is 296 Å². The summed E-state index contributed by atoms with van der Waals surface area (Å²) < 4.78 is 5.09. The monoisotopic (exact) mass is 673 g/mol. The molecule has 0 aliphatic heterocycles. The van der Waals surface area contributed by atoms with Gasteiger partial charge in [-0.2, -0.15) is 0 Å². The highest BCUT2D eigenvalue weighted by atomic mass is 32.1. The van der Waals surface area contributed by atoms with Crippen molar-refractivity contribution >= 4 is 63.0 Å². The fraction of sp³-hybridized carbons (Fsp3) is 0. The lowest BCUT2D eigenvalue weighted by Gasteiger charge is -2.10. The largest absolute Gasteiger partial charge is 0.208 e. The van der Waals surface area contributed by atoms with Crippen molar-refractivity contribution in [3.63, 3.8) is 0 Å². The van der Waals surface area contributed by atoms with Crippen molar-refractivity contribution in [3.05, 3.63) is 164 Å². The molecule has 10 aromatic rings. The van der Waals surface area contributed by atoms with E-state index in [9.17, 15) is 0 Å². The predicted molar refractivity (Wildman–Crippen MR) is 213 cm³/mol. The molecule has 0 aliphatic carbocycles. The zero-order valence-corrected chi connectivity index (χ0v) is 28.4. The molecule has 0 fully saturated rings. The van der Waals surface area contributed by atoms with E-state index in [2.05, 4.69) is 127 Å². The summed E-state index contributed by atoms with van der Waals surface area (Å²) in [7, 11) is 0. The van der Waals surface area contributed by atoms with Gasteiger partial charge in [-0.05, 0) is 47.0 Å². The van der Waals surface area contributed by atoms with Crippen molar-refractivity contribution < 1.29 is 0 Å². The van der Waals surface area contributed by atoms with Crippen LogP contribution < -0.4 is 0 Å². The molecule has 0 aliphatic rings. The van der Waals surface area contributed by atoms with Crippen LogP contribution in [0.5, 0.6) is 0 Å². The Bertz CT molecular complexity index is 2800. The van der Waals surface area contributed by atoms with Gasteiger partial charge in [-0.15, -0.1) is 22.7 Å². The van der Waals surface area contributed by atoms with Crippen LogP contribution in [0.4, 0.5) is 0 Å². The second kappa shape index (κ2) is 11.8. The molecule has 10 rings (SSSR count). The van der Waals surface area contributed by atoms with Crippen LogP contribution in [0, 0.1) is 0 Å². The SMILES string of the molecule is c1ccc(-c2nc(-c3ccccc3)nc(-c3cccc4sc5cc(-c6cc(-c7ccccc7)c7sc8ccccc8c7c6)ccc5c34)n2)cc1. The Hall–Kier alpha value is -6.01. The minimum atomic E-state index is 0.666. The van der Waals surface area contributed by atoms with Crippen LogP contribution in [-0.4, -0.2) is 15.0 Å². The van der Waals surface area contributed by atoms with Gasteiger partial charge in [0, 0.05) is 62.6 Å². The van der Waals surface area contributed by atoms with Gasteiger partial charge in [0.15, 0.2) is 17.5 Å². The highest BCUT2D eigenvalue weighted by molar-refractivity contribution is 7.26. The van der Waals surface area contributed by atoms with Crippen LogP contribution in [-0.2, 0) is 0 Å². The highest BCUT2D eigenvalue weighted by Crippen LogP contribution is 2.45. The zero-order valence-electron chi connectivity index (χ0n) is 26.7. The molecule has 234 valence electrons. The van der Waals surface area contributed by atoms with E-state index in [1.807, 2.05) is 59.1 Å². The molecule has 0 bridgehead atoms. The van der Waals surface area contributed by atoms with E-state index < -0.39 is 0 Å². The number of fused-ring (bicyclic) bond motifs is 6. The lowest BCUT2D eigenvalue weighted by Crippen LogP contribution is -2.00. The molecular weight excluding hydrogens is 647 g/mol. The van der Waals surface area contributed by atoms with E-state index in [4.69, 9.17) is 15.0 Å². The minimum Gasteiger partial charge on any atom is -0.208 e. The molecule has 0 atom stereocenters. The number of benzene rings is 7. The third-order valence-corrected chi connectivity index (χ3v) is 11.7. The Morgan fingerprint density at radius 1 is 0.320 bits per heavy atom. The van der Waals surface area contributed by atoms with Gasteiger partial charge in [-0.3, -0.25) is 0 Å². The zero-order chi connectivity index (χ0) is 33.0. The lowest BCUT2D eigenvalue weighted by molar-refractivity contribution is 1.08. The van der Waals surface area contributed by atoms with E-state index in [0.717, 1.165) is 16.7 Å².